The number of benzene rings is 2. The Morgan fingerprint density at radius 2 is 1.24 bits per heavy atom. The number of carbonyl (C=O) groups is 7. The molecule has 22 heteroatoms. The molecular formula is C63H94F2O18S2. The highest BCUT2D eigenvalue weighted by Gasteiger charge is 2.70. The van der Waals surface area contributed by atoms with E-state index >= 15 is 0 Å². The van der Waals surface area contributed by atoms with Crippen molar-refractivity contribution in [1.82, 2.24) is 0 Å². The second-order valence-corrected chi connectivity index (χ2v) is 29.5. The van der Waals surface area contributed by atoms with Crippen LogP contribution in [0.1, 0.15) is 181 Å². The number of esters is 7. The first-order chi connectivity index (χ1) is 39.3. The van der Waals surface area contributed by atoms with Crippen molar-refractivity contribution in [3.05, 3.63) is 36.4 Å². The molecule has 6 fully saturated rings. The summed E-state index contributed by atoms with van der Waals surface area (Å²) < 4.78 is 92.8. The molecule has 3 saturated heterocycles. The molecule has 85 heavy (non-hydrogen) atoms. The number of hydrogen-bond donors (Lipinski definition) is 1. The summed E-state index contributed by atoms with van der Waals surface area (Å²) >= 11 is 0. The maximum Gasteiger partial charge on any atom is 0.369 e. The zero-order valence-corrected chi connectivity index (χ0v) is 54.4. The number of aromatic hydroxyl groups is 1. The summed E-state index contributed by atoms with van der Waals surface area (Å²) in [4.78, 5) is 84.1. The van der Waals surface area contributed by atoms with Gasteiger partial charge in [-0.15, -0.1) is 0 Å². The summed E-state index contributed by atoms with van der Waals surface area (Å²) in [5, 5.41) is 7.45. The fourth-order valence-corrected chi connectivity index (χ4v) is 13.4. The van der Waals surface area contributed by atoms with Gasteiger partial charge in [0.15, 0.2) is 21.1 Å². The van der Waals surface area contributed by atoms with Gasteiger partial charge in [0.25, 0.3) is 0 Å². The number of methoxy groups -OCH3 is 1. The fourth-order valence-electron chi connectivity index (χ4n) is 10.4. The third kappa shape index (κ3) is 17.2. The van der Waals surface area contributed by atoms with Gasteiger partial charge in [0, 0.05) is 39.9 Å². The smallest absolute Gasteiger partial charge is 0.369 e. The number of phenols is 1. The lowest BCUT2D eigenvalue weighted by atomic mass is 9.78. The normalized spacial score (nSPS) is 23.7. The van der Waals surface area contributed by atoms with E-state index in [4.69, 9.17) is 28.4 Å². The highest BCUT2D eigenvalue weighted by Crippen LogP contribution is 2.59. The summed E-state index contributed by atoms with van der Waals surface area (Å²) in [6, 6.07) is 12.2. The average Bonchev–Trinajstić information content (AvgIpc) is 1.59. The molecule has 3 aliphatic carbocycles. The van der Waals surface area contributed by atoms with E-state index in [1.54, 1.807) is 20.8 Å². The molecule has 0 spiro atoms. The number of rotatable bonds is 17. The third-order valence-corrected chi connectivity index (χ3v) is 21.8. The Balaban J connectivity index is 0.000000230. The van der Waals surface area contributed by atoms with Crippen LogP contribution in [0.2, 0.25) is 0 Å². The highest BCUT2D eigenvalue weighted by atomic mass is 32.2. The predicted molar refractivity (Wildman–Crippen MR) is 315 cm³/mol. The van der Waals surface area contributed by atoms with Crippen LogP contribution in [-0.4, -0.2) is 120 Å². The second-order valence-electron chi connectivity index (χ2n) is 25.8. The van der Waals surface area contributed by atoms with Gasteiger partial charge in [0.2, 0.25) is 6.10 Å². The van der Waals surface area contributed by atoms with Crippen molar-refractivity contribution in [2.45, 2.75) is 221 Å². The van der Waals surface area contributed by atoms with Gasteiger partial charge < -0.3 is 42.8 Å². The largest absolute Gasteiger partial charge is 0.743 e. The summed E-state index contributed by atoms with van der Waals surface area (Å²) in [6.07, 6.45) is 6.89. The number of halogens is 2. The molecule has 2 bridgehead atoms. The average molecular weight is 1240 g/mol. The van der Waals surface area contributed by atoms with Crippen molar-refractivity contribution in [1.29, 1.82) is 0 Å². The van der Waals surface area contributed by atoms with Gasteiger partial charge in [-0.3, -0.25) is 28.8 Å². The van der Waals surface area contributed by atoms with Gasteiger partial charge in [-0.25, -0.2) is 13.2 Å². The van der Waals surface area contributed by atoms with Crippen molar-refractivity contribution in [2.24, 2.45) is 51.2 Å². The number of fused-ring (bicyclic) bond motifs is 2. The highest BCUT2D eigenvalue weighted by molar-refractivity contribution is 7.97. The SMILES string of the molecule is CCC(C)(C)C(=O)OC(C)C(F)(F)S(=O)(=O)[O-].CCC(C)(C)C(=O)OC1(C(C)C)CCCC1.CCC(C)(C)C(=O)OC1C2CC3C1OC(=O)C3C2C(=O)OC.CCC(C)(C)C(=O)OC1CCOC1=O.Oc1ccc([S+]2CCCC2)c2ccccc12. The number of cyclic esters (lactones) is 1. The van der Waals surface area contributed by atoms with Crippen LogP contribution in [0, 0.1) is 51.2 Å². The molecule has 480 valence electrons. The lowest BCUT2D eigenvalue weighted by molar-refractivity contribution is -0.175. The Morgan fingerprint density at radius 1 is 0.729 bits per heavy atom. The van der Waals surface area contributed by atoms with Crippen LogP contribution < -0.4 is 0 Å². The Hall–Kier alpha value is -5.09. The van der Waals surface area contributed by atoms with E-state index in [1.165, 1.54) is 68.4 Å². The molecule has 8 unspecified atom stereocenters. The molecule has 8 rings (SSSR count). The van der Waals surface area contributed by atoms with E-state index in [-0.39, 0.29) is 46.7 Å². The van der Waals surface area contributed by atoms with E-state index in [0.29, 0.717) is 68.2 Å². The first kappa shape index (κ1) is 72.4. The molecular weight excluding hydrogens is 1150 g/mol. The first-order valence-corrected chi connectivity index (χ1v) is 32.8. The standard InChI is InChI=1S/C16H22O6.C14H26O2.C14H14OS.C10H16O4.C9H16F2O5S/c1-5-16(2,3)15(19)22-12-7-6-8-10(9(7)13(17)20-4)14(18)21-11(8)12;1-6-13(4,5)12(15)16-14(11(2)3)9-7-8-10-14;15-13-7-8-14(16-9-3-4-10-16)12-6-2-1-5-11(12)13;1-4-10(2,3)9(12)14-7-5-6-13-8(7)11;1-5-8(3,4)7(12)16-6(2)9(10,11)17(13,14)15/h7-12H,5-6H2,1-4H3;11H,6-10H2,1-5H3;1-2,5-8H,3-4,9-10H2;7H,4-6H2,1-3H3;6H,5H2,1-4H3,(H,13,14,15). The number of carbonyl (C=O) groups excluding carboxylic acids is 7. The molecule has 0 radical (unpaired) electrons. The Bertz CT molecular complexity index is 2780. The maximum atomic E-state index is 13.0. The molecule has 0 aromatic heterocycles. The van der Waals surface area contributed by atoms with E-state index in [1.807, 2.05) is 66.7 Å². The molecule has 18 nitrogen and oxygen atoms in total. The summed E-state index contributed by atoms with van der Waals surface area (Å²) in [5.74, 6) is -0.560. The lowest BCUT2D eigenvalue weighted by Gasteiger charge is -2.36. The zero-order valence-electron chi connectivity index (χ0n) is 52.7. The molecule has 3 heterocycles. The Labute approximate surface area is 504 Å². The summed E-state index contributed by atoms with van der Waals surface area (Å²) in [5.41, 5.74) is -2.65. The van der Waals surface area contributed by atoms with Crippen molar-refractivity contribution in [3.63, 3.8) is 0 Å². The molecule has 2 aromatic rings. The zero-order chi connectivity index (χ0) is 64.4. The number of alkyl halides is 2. The maximum absolute atomic E-state index is 13.0. The van der Waals surface area contributed by atoms with Crippen LogP contribution in [0.25, 0.3) is 10.8 Å². The minimum absolute atomic E-state index is 0.0226. The van der Waals surface area contributed by atoms with Crippen LogP contribution in [-0.2, 0) is 87.7 Å². The Kier molecular flexibility index (Phi) is 24.9. The predicted octanol–water partition coefficient (Wildman–Crippen LogP) is 11.3. The minimum atomic E-state index is -5.86. The van der Waals surface area contributed by atoms with Crippen molar-refractivity contribution < 1.29 is 93.6 Å². The minimum Gasteiger partial charge on any atom is -0.743 e. The van der Waals surface area contributed by atoms with Crippen molar-refractivity contribution in [2.75, 3.05) is 25.2 Å². The van der Waals surface area contributed by atoms with E-state index < -0.39 is 85.8 Å². The van der Waals surface area contributed by atoms with Crippen LogP contribution in [0.15, 0.2) is 41.3 Å². The van der Waals surface area contributed by atoms with Crippen LogP contribution >= 0.6 is 0 Å². The van der Waals surface area contributed by atoms with Gasteiger partial charge in [-0.2, -0.15) is 8.78 Å². The van der Waals surface area contributed by atoms with Crippen LogP contribution in [0.5, 0.6) is 5.75 Å². The molecule has 6 aliphatic rings. The van der Waals surface area contributed by atoms with Gasteiger partial charge in [-0.05, 0) is 157 Å². The van der Waals surface area contributed by atoms with Gasteiger partial charge >= 0.3 is 47.0 Å². The molecule has 0 amide bonds. The third-order valence-electron chi connectivity index (χ3n) is 18.2. The quantitative estimate of drug-likeness (QED) is 0.0668. The van der Waals surface area contributed by atoms with Gasteiger partial charge in [-0.1, -0.05) is 59.7 Å². The summed E-state index contributed by atoms with van der Waals surface area (Å²) in [7, 11) is -4.13. The molecule has 3 aliphatic heterocycles. The molecule has 3 saturated carbocycles. The van der Waals surface area contributed by atoms with Crippen molar-refractivity contribution in [3.8, 4) is 5.75 Å². The number of ether oxygens (including phenoxy) is 7. The van der Waals surface area contributed by atoms with Gasteiger partial charge in [0.05, 0.1) is 47.2 Å². The topological polar surface area (TPSA) is 262 Å². The van der Waals surface area contributed by atoms with E-state index in [2.05, 4.69) is 36.8 Å². The first-order valence-electron chi connectivity index (χ1n) is 29.9. The van der Waals surface area contributed by atoms with E-state index in [0.717, 1.165) is 24.6 Å². The van der Waals surface area contributed by atoms with Crippen LogP contribution in [0.3, 0.4) is 0 Å². The molecule has 2 aromatic carbocycles. The van der Waals surface area contributed by atoms with E-state index in [9.17, 15) is 60.4 Å². The number of phenolic OH excluding ortho intramolecular Hbond substituents is 1. The molecule has 1 N–H and O–H groups in total. The van der Waals surface area contributed by atoms with Crippen LogP contribution in [0.4, 0.5) is 8.78 Å². The van der Waals surface area contributed by atoms with Gasteiger partial charge in [0.1, 0.15) is 35.1 Å². The van der Waals surface area contributed by atoms with Crippen molar-refractivity contribution >= 4 is 73.6 Å². The monoisotopic (exact) mass is 1240 g/mol. The Morgan fingerprint density at radius 3 is 1.72 bits per heavy atom. The lowest BCUT2D eigenvalue weighted by Crippen LogP contribution is -2.45. The molecule has 8 atom stereocenters. The second kappa shape index (κ2) is 29.3. The number of hydrogen-bond acceptors (Lipinski definition) is 18. The fraction of sp³-hybridized carbons (Fsp3) is 0.730. The summed E-state index contributed by atoms with van der Waals surface area (Å²) in [6.45, 7) is 27.0.